The van der Waals surface area contributed by atoms with Crippen molar-refractivity contribution in [1.82, 2.24) is 4.31 Å². The molecule has 0 aliphatic heterocycles. The first-order valence-corrected chi connectivity index (χ1v) is 8.79. The number of hydrogen-bond acceptors (Lipinski definition) is 3. The number of rotatable bonds is 5. The lowest BCUT2D eigenvalue weighted by atomic mass is 10.1. The van der Waals surface area contributed by atoms with E-state index in [1.54, 1.807) is 30.3 Å². The van der Waals surface area contributed by atoms with Crippen molar-refractivity contribution in [3.8, 4) is 0 Å². The molecule has 1 amide bonds. The van der Waals surface area contributed by atoms with Crippen LogP contribution in [0.25, 0.3) is 0 Å². The third-order valence-corrected chi connectivity index (χ3v) is 4.70. The topological polar surface area (TPSA) is 66.5 Å². The Morgan fingerprint density at radius 3 is 2.29 bits per heavy atom. The van der Waals surface area contributed by atoms with Crippen LogP contribution in [-0.2, 0) is 14.8 Å². The molecule has 8 heteroatoms. The van der Waals surface area contributed by atoms with E-state index in [9.17, 15) is 22.0 Å². The fraction of sp³-hybridized carbons (Fsp3) is 0.188. The number of carbonyl (C=O) groups is 1. The summed E-state index contributed by atoms with van der Waals surface area (Å²) in [5.74, 6) is -2.48. The number of nitrogens with zero attached hydrogens (tertiary/aromatic N) is 1. The van der Waals surface area contributed by atoms with Crippen LogP contribution in [0.4, 0.5) is 14.5 Å². The second kappa shape index (κ2) is 7.06. The summed E-state index contributed by atoms with van der Waals surface area (Å²) in [5.41, 5.74) is 0.190. The van der Waals surface area contributed by atoms with Gasteiger partial charge in [0.25, 0.3) is 0 Å². The third kappa shape index (κ3) is 4.15. The summed E-state index contributed by atoms with van der Waals surface area (Å²) in [6.07, 6.45) is 0.967. The Hall–Kier alpha value is -2.32. The average molecular weight is 354 g/mol. The summed E-state index contributed by atoms with van der Waals surface area (Å²) < 4.78 is 51.2. The molecule has 2 aromatic rings. The zero-order chi connectivity index (χ0) is 17.9. The molecule has 0 heterocycles. The molecule has 0 radical (unpaired) electrons. The Labute approximate surface area is 139 Å². The number of benzene rings is 2. The van der Waals surface area contributed by atoms with Crippen molar-refractivity contribution in [2.45, 2.75) is 6.04 Å². The van der Waals surface area contributed by atoms with E-state index in [1.165, 1.54) is 7.05 Å². The first kappa shape index (κ1) is 18.0. The van der Waals surface area contributed by atoms with Gasteiger partial charge in [-0.2, -0.15) is 4.31 Å². The minimum atomic E-state index is -3.69. The van der Waals surface area contributed by atoms with Crippen LogP contribution in [0.1, 0.15) is 11.6 Å². The van der Waals surface area contributed by atoms with Gasteiger partial charge in [0, 0.05) is 13.1 Å². The van der Waals surface area contributed by atoms with Crippen LogP contribution in [0.15, 0.2) is 48.5 Å². The largest absolute Gasteiger partial charge is 0.322 e. The van der Waals surface area contributed by atoms with Gasteiger partial charge in [0.05, 0.1) is 11.9 Å². The standard InChI is InChI=1S/C16H16F2N2O3S/c1-20(24(2,22)23)15(11-6-4-3-5-7-11)16(21)19-14-9-8-12(17)10-13(14)18/h3-10,15H,1-2H3,(H,19,21)/t15-/m0/s1. The second-order valence-corrected chi connectivity index (χ2v) is 7.25. The molecule has 24 heavy (non-hydrogen) atoms. The van der Waals surface area contributed by atoms with Crippen LogP contribution in [0.3, 0.4) is 0 Å². The summed E-state index contributed by atoms with van der Waals surface area (Å²) in [7, 11) is -2.43. The predicted octanol–water partition coefficient (Wildman–Crippen LogP) is 2.54. The highest BCUT2D eigenvalue weighted by molar-refractivity contribution is 7.88. The van der Waals surface area contributed by atoms with Gasteiger partial charge < -0.3 is 5.32 Å². The lowest BCUT2D eigenvalue weighted by molar-refractivity contribution is -0.119. The van der Waals surface area contributed by atoms with Crippen LogP contribution < -0.4 is 5.32 Å². The minimum Gasteiger partial charge on any atom is -0.322 e. The monoisotopic (exact) mass is 354 g/mol. The Morgan fingerprint density at radius 1 is 1.12 bits per heavy atom. The van der Waals surface area contributed by atoms with Crippen LogP contribution in [0, 0.1) is 11.6 Å². The summed E-state index contributed by atoms with van der Waals surface area (Å²) in [6, 6.07) is 9.73. The van der Waals surface area contributed by atoms with Crippen molar-refractivity contribution >= 4 is 21.6 Å². The summed E-state index contributed by atoms with van der Waals surface area (Å²) in [5, 5.41) is 2.30. The van der Waals surface area contributed by atoms with Crippen LogP contribution in [0.2, 0.25) is 0 Å². The van der Waals surface area contributed by atoms with Gasteiger partial charge in [-0.3, -0.25) is 4.79 Å². The second-order valence-electron chi connectivity index (χ2n) is 5.21. The third-order valence-electron chi connectivity index (χ3n) is 3.44. The lowest BCUT2D eigenvalue weighted by Gasteiger charge is -2.25. The summed E-state index contributed by atoms with van der Waals surface area (Å²) in [6.45, 7) is 0. The molecule has 0 bridgehead atoms. The first-order chi connectivity index (χ1) is 11.2. The molecule has 0 aliphatic rings. The van der Waals surface area contributed by atoms with Gasteiger partial charge in [0.1, 0.15) is 17.7 Å². The summed E-state index contributed by atoms with van der Waals surface area (Å²) >= 11 is 0. The molecule has 2 aromatic carbocycles. The average Bonchev–Trinajstić information content (AvgIpc) is 2.50. The van der Waals surface area contributed by atoms with Crippen LogP contribution in [-0.4, -0.2) is 31.9 Å². The highest BCUT2D eigenvalue weighted by Gasteiger charge is 2.31. The van der Waals surface area contributed by atoms with Gasteiger partial charge >= 0.3 is 0 Å². The summed E-state index contributed by atoms with van der Waals surface area (Å²) in [4.78, 5) is 12.6. The first-order valence-electron chi connectivity index (χ1n) is 6.94. The maximum atomic E-state index is 13.7. The van der Waals surface area contributed by atoms with Gasteiger partial charge in [-0.05, 0) is 17.7 Å². The maximum absolute atomic E-state index is 13.7. The highest BCUT2D eigenvalue weighted by Crippen LogP contribution is 2.24. The SMILES string of the molecule is CN([C@H](C(=O)Nc1ccc(F)cc1F)c1ccccc1)S(C)(=O)=O. The Kier molecular flexibility index (Phi) is 5.30. The van der Waals surface area contributed by atoms with Crippen LogP contribution in [0.5, 0.6) is 0 Å². The molecule has 0 fully saturated rings. The van der Waals surface area contributed by atoms with E-state index in [4.69, 9.17) is 0 Å². The zero-order valence-corrected chi connectivity index (χ0v) is 13.8. The molecule has 0 spiro atoms. The van der Waals surface area contributed by atoms with E-state index in [0.717, 1.165) is 22.7 Å². The molecule has 0 saturated heterocycles. The molecule has 1 N–H and O–H groups in total. The molecule has 0 aromatic heterocycles. The molecular formula is C16H16F2N2O3S. The van der Waals surface area contributed by atoms with Gasteiger partial charge in [0.15, 0.2) is 0 Å². The molecule has 2 rings (SSSR count). The molecule has 5 nitrogen and oxygen atoms in total. The Morgan fingerprint density at radius 2 is 1.75 bits per heavy atom. The maximum Gasteiger partial charge on any atom is 0.247 e. The van der Waals surface area contributed by atoms with Crippen molar-refractivity contribution in [3.63, 3.8) is 0 Å². The smallest absolute Gasteiger partial charge is 0.247 e. The van der Waals surface area contributed by atoms with Gasteiger partial charge in [-0.25, -0.2) is 17.2 Å². The number of likely N-dealkylation sites (N-methyl/N-ethyl adjacent to an activating group) is 1. The number of amides is 1. The fourth-order valence-corrected chi connectivity index (χ4v) is 2.75. The highest BCUT2D eigenvalue weighted by atomic mass is 32.2. The van der Waals surface area contributed by atoms with E-state index in [2.05, 4.69) is 5.32 Å². The van der Waals surface area contributed by atoms with Gasteiger partial charge in [-0.1, -0.05) is 30.3 Å². The van der Waals surface area contributed by atoms with Crippen molar-refractivity contribution in [2.24, 2.45) is 0 Å². The van der Waals surface area contributed by atoms with Gasteiger partial charge in [-0.15, -0.1) is 0 Å². The quantitative estimate of drug-likeness (QED) is 0.897. The fourth-order valence-electron chi connectivity index (χ4n) is 2.15. The van der Waals surface area contributed by atoms with Crippen molar-refractivity contribution in [3.05, 3.63) is 65.7 Å². The number of carbonyl (C=O) groups excluding carboxylic acids is 1. The number of nitrogens with one attached hydrogen (secondary N) is 1. The Balaban J connectivity index is 2.38. The Bertz CT molecular complexity index is 842. The van der Waals surface area contributed by atoms with E-state index in [-0.39, 0.29) is 5.69 Å². The van der Waals surface area contributed by atoms with Crippen molar-refractivity contribution in [2.75, 3.05) is 18.6 Å². The normalized spacial score (nSPS) is 12.9. The molecule has 0 aliphatic carbocycles. The molecule has 0 unspecified atom stereocenters. The molecule has 0 saturated carbocycles. The number of hydrogen-bond donors (Lipinski definition) is 1. The van der Waals surface area contributed by atoms with Crippen molar-refractivity contribution in [1.29, 1.82) is 0 Å². The number of halogens is 2. The van der Waals surface area contributed by atoms with Gasteiger partial charge in [0.2, 0.25) is 15.9 Å². The van der Waals surface area contributed by atoms with E-state index >= 15 is 0 Å². The molecule has 1 atom stereocenters. The van der Waals surface area contributed by atoms with E-state index < -0.39 is 33.6 Å². The minimum absolute atomic E-state index is 0.232. The van der Waals surface area contributed by atoms with Crippen molar-refractivity contribution < 1.29 is 22.0 Å². The number of anilines is 1. The number of sulfonamides is 1. The lowest BCUT2D eigenvalue weighted by Crippen LogP contribution is -2.38. The molecule has 128 valence electrons. The molecular weight excluding hydrogens is 338 g/mol. The van der Waals surface area contributed by atoms with E-state index in [1.807, 2.05) is 0 Å². The van der Waals surface area contributed by atoms with Crippen LogP contribution >= 0.6 is 0 Å². The zero-order valence-electron chi connectivity index (χ0n) is 13.0. The predicted molar refractivity (Wildman–Crippen MR) is 86.8 cm³/mol. The van der Waals surface area contributed by atoms with E-state index in [0.29, 0.717) is 11.6 Å².